The number of benzene rings is 3. The lowest BCUT2D eigenvalue weighted by atomic mass is 9.65. The van der Waals surface area contributed by atoms with Gasteiger partial charge in [0.1, 0.15) is 34.3 Å². The van der Waals surface area contributed by atoms with E-state index in [0.717, 1.165) is 77.8 Å². The van der Waals surface area contributed by atoms with E-state index in [4.69, 9.17) is 25.9 Å². The molecule has 7 fully saturated rings. The second kappa shape index (κ2) is 19.8. The summed E-state index contributed by atoms with van der Waals surface area (Å²) in [6.07, 6.45) is 18.4. The van der Waals surface area contributed by atoms with E-state index in [1.54, 1.807) is 24.4 Å². The number of pyridine rings is 1. The van der Waals surface area contributed by atoms with Gasteiger partial charge in [0.05, 0.1) is 30.4 Å². The van der Waals surface area contributed by atoms with Crippen molar-refractivity contribution in [1.29, 1.82) is 0 Å². The van der Waals surface area contributed by atoms with Crippen molar-refractivity contribution in [3.05, 3.63) is 71.4 Å². The molecule has 2 unspecified atom stereocenters. The molecule has 7 aliphatic rings. The van der Waals surface area contributed by atoms with Gasteiger partial charge in [0.25, 0.3) is 5.91 Å². The molecule has 3 N–H and O–H groups in total. The third-order valence-electron chi connectivity index (χ3n) is 17.7. The molecule has 0 radical (unpaired) electrons. The molecule has 16 nitrogen and oxygen atoms in total. The van der Waals surface area contributed by atoms with Gasteiger partial charge in [-0.3, -0.25) is 24.8 Å². The number of amides is 4. The van der Waals surface area contributed by atoms with Crippen LogP contribution < -0.4 is 29.9 Å². The highest BCUT2D eigenvalue weighted by molar-refractivity contribution is 6.07. The van der Waals surface area contributed by atoms with E-state index >= 15 is 8.78 Å². The van der Waals surface area contributed by atoms with Crippen LogP contribution in [-0.2, 0) is 4.79 Å². The Hall–Kier alpha value is -6.68. The molecule has 1 spiro atoms. The van der Waals surface area contributed by atoms with Gasteiger partial charge in [-0.25, -0.2) is 13.6 Å². The number of halogens is 2. The lowest BCUT2D eigenvalue weighted by Gasteiger charge is -2.47. The number of phenolic OH excluding ortho intramolecular Hbond substituents is 1. The van der Waals surface area contributed by atoms with E-state index in [0.29, 0.717) is 84.4 Å². The maximum absolute atomic E-state index is 17.2. The zero-order chi connectivity index (χ0) is 51.6. The average Bonchev–Trinajstić information content (AvgIpc) is 4.11. The van der Waals surface area contributed by atoms with Gasteiger partial charge in [0.2, 0.25) is 5.91 Å². The van der Waals surface area contributed by atoms with E-state index in [1.807, 2.05) is 4.90 Å². The maximum atomic E-state index is 17.2. The summed E-state index contributed by atoms with van der Waals surface area (Å²) in [6.45, 7) is 9.50. The number of phenols is 1. The Kier molecular flexibility index (Phi) is 13.0. The Bertz CT molecular complexity index is 3110. The summed E-state index contributed by atoms with van der Waals surface area (Å²) in [7, 11) is 1.53. The topological polar surface area (TPSA) is 169 Å². The molecule has 392 valence electrons. The summed E-state index contributed by atoms with van der Waals surface area (Å²) in [5, 5.41) is 17.9. The van der Waals surface area contributed by atoms with Crippen LogP contribution in [-0.4, -0.2) is 150 Å². The number of urea groups is 1. The number of likely N-dealkylation sites (tertiary alicyclic amines) is 1. The summed E-state index contributed by atoms with van der Waals surface area (Å²) >= 11 is 0. The minimum absolute atomic E-state index is 0.0375. The Morgan fingerprint density at radius 1 is 0.893 bits per heavy atom. The number of terminal acetylenes is 1. The van der Waals surface area contributed by atoms with Crippen LogP contribution in [0.5, 0.6) is 17.5 Å². The smallest absolute Gasteiger partial charge is 0.328 e. The summed E-state index contributed by atoms with van der Waals surface area (Å²) in [4.78, 5) is 63.3. The minimum Gasteiger partial charge on any atom is -0.508 e. The molecule has 75 heavy (non-hydrogen) atoms. The quantitative estimate of drug-likeness (QED) is 0.108. The fourth-order valence-electron chi connectivity index (χ4n) is 13.1. The van der Waals surface area contributed by atoms with Crippen LogP contribution >= 0.6 is 0 Å². The van der Waals surface area contributed by atoms with Gasteiger partial charge in [-0.05, 0) is 117 Å². The molecule has 2 aliphatic carbocycles. The Balaban J connectivity index is 0.656. The Morgan fingerprint density at radius 3 is 2.35 bits per heavy atom. The third-order valence-corrected chi connectivity index (χ3v) is 17.7. The number of aromatic hydroxyl groups is 1. The van der Waals surface area contributed by atoms with Gasteiger partial charge in [-0.15, -0.1) is 6.42 Å². The standard InChI is InChI=1S/C57H64F2N10O6/c1-3-41-44(58)8-4-36-26-40(70)28-42(48(36)41)50-49(59)51-43(29-60-50)52(68-31-38-6-7-39(32-68)61-38)64-54(63-51)75-34-57(15-16-57)33-66-24-22-65(23-25-66)30-35-10-13-56(14-11-35)17-20-67(21-18-56)53(72)37-5-9-46(74-2)45(27-37)69-19-12-47(71)62-55(69)73/h1,4-5,8-9,26-29,35,38-39,61,70H,6-7,10-25,30-34H2,2H3,(H,62,71,73). The Morgan fingerprint density at radius 2 is 1.64 bits per heavy atom. The summed E-state index contributed by atoms with van der Waals surface area (Å²) in [5.41, 5.74) is 1.29. The summed E-state index contributed by atoms with van der Waals surface area (Å²) in [6, 6.07) is 10.9. The first-order valence-electron chi connectivity index (χ1n) is 26.8. The highest BCUT2D eigenvalue weighted by Gasteiger charge is 2.46. The van der Waals surface area contributed by atoms with Crippen LogP contribution in [0.15, 0.2) is 48.7 Å². The van der Waals surface area contributed by atoms with Gasteiger partial charge < -0.3 is 39.5 Å². The van der Waals surface area contributed by atoms with Gasteiger partial charge in [0.15, 0.2) is 5.82 Å². The SMILES string of the molecule is C#Cc1c(F)ccc2cc(O)cc(-c3ncc4c(N5CC6CCC(C5)N6)nc(OCC5(CN6CCN(CC7CCC8(CC7)CCN(C(=O)c7ccc(OC)c(N9CCC(=O)NC9=O)c7)CC8)CC6)CC5)nc4c3F)c12. The van der Waals surface area contributed by atoms with E-state index in [-0.39, 0.29) is 75.1 Å². The first-order chi connectivity index (χ1) is 36.4. The molecule has 3 aromatic carbocycles. The van der Waals surface area contributed by atoms with Crippen LogP contribution in [0.4, 0.5) is 25.1 Å². The molecular weight excluding hydrogens is 959 g/mol. The van der Waals surface area contributed by atoms with E-state index in [2.05, 4.69) is 36.2 Å². The number of imide groups is 1. The molecule has 5 aromatic rings. The lowest BCUT2D eigenvalue weighted by Crippen LogP contribution is -2.51. The molecule has 18 heteroatoms. The molecule has 2 bridgehead atoms. The largest absolute Gasteiger partial charge is 0.508 e. The normalized spacial score (nSPS) is 22.9. The van der Waals surface area contributed by atoms with Crippen molar-refractivity contribution in [3.63, 3.8) is 0 Å². The van der Waals surface area contributed by atoms with Crippen LogP contribution in [0.2, 0.25) is 0 Å². The van der Waals surface area contributed by atoms with Gasteiger partial charge >= 0.3 is 12.0 Å². The summed E-state index contributed by atoms with van der Waals surface area (Å²) < 4.78 is 44.3. The molecular formula is C57H64F2N10O6. The number of nitrogens with one attached hydrogen (secondary N) is 2. The van der Waals surface area contributed by atoms with Crippen molar-refractivity contribution in [3.8, 4) is 41.1 Å². The predicted octanol–water partition coefficient (Wildman–Crippen LogP) is 7.10. The van der Waals surface area contributed by atoms with Crippen LogP contribution in [0, 0.1) is 40.7 Å². The second-order valence-corrected chi connectivity index (χ2v) is 22.5. The summed E-state index contributed by atoms with van der Waals surface area (Å²) in [5.74, 6) is 2.28. The number of aromatic nitrogens is 3. The fourth-order valence-corrected chi connectivity index (χ4v) is 13.1. The number of fused-ring (bicyclic) bond motifs is 4. The van der Waals surface area contributed by atoms with E-state index in [9.17, 15) is 19.5 Å². The molecule has 12 rings (SSSR count). The highest BCUT2D eigenvalue weighted by Crippen LogP contribution is 2.49. The average molecular weight is 1020 g/mol. The van der Waals surface area contributed by atoms with Gasteiger partial charge in [-0.1, -0.05) is 12.0 Å². The number of nitrogens with zero attached hydrogens (tertiary/aromatic N) is 8. The van der Waals surface area contributed by atoms with Crippen molar-refractivity contribution in [2.24, 2.45) is 16.7 Å². The van der Waals surface area contributed by atoms with Crippen molar-refractivity contribution in [1.82, 2.24) is 40.3 Å². The number of carbonyl (C=O) groups is 3. The first kappa shape index (κ1) is 49.2. The molecule has 7 heterocycles. The van der Waals surface area contributed by atoms with Crippen molar-refractivity contribution < 1.29 is 37.7 Å². The van der Waals surface area contributed by atoms with Crippen LogP contribution in [0.1, 0.15) is 86.6 Å². The van der Waals surface area contributed by atoms with E-state index in [1.165, 1.54) is 62.0 Å². The number of anilines is 2. The third kappa shape index (κ3) is 9.67. The second-order valence-electron chi connectivity index (χ2n) is 22.5. The number of ether oxygens (including phenoxy) is 2. The molecule has 5 saturated heterocycles. The lowest BCUT2D eigenvalue weighted by molar-refractivity contribution is -0.120. The van der Waals surface area contributed by atoms with E-state index < -0.39 is 17.7 Å². The van der Waals surface area contributed by atoms with Crippen molar-refractivity contribution in [2.75, 3.05) is 95.5 Å². The number of carbonyl (C=O) groups excluding carboxylic acids is 3. The molecule has 2 saturated carbocycles. The van der Waals surface area contributed by atoms with Crippen molar-refractivity contribution >= 4 is 51.0 Å². The number of methoxy groups -OCH3 is 1. The zero-order valence-corrected chi connectivity index (χ0v) is 42.5. The predicted molar refractivity (Wildman–Crippen MR) is 280 cm³/mol. The van der Waals surface area contributed by atoms with Crippen LogP contribution in [0.3, 0.4) is 0 Å². The monoisotopic (exact) mass is 1020 g/mol. The minimum atomic E-state index is -0.728. The number of piperazine rings is 2. The Labute approximate surface area is 435 Å². The first-order valence-corrected chi connectivity index (χ1v) is 26.8. The number of piperidine rings is 1. The zero-order valence-electron chi connectivity index (χ0n) is 42.5. The number of hydrogen-bond acceptors (Lipinski definition) is 13. The van der Waals surface area contributed by atoms with Gasteiger partial charge in [0, 0.05) is 119 Å². The van der Waals surface area contributed by atoms with Crippen molar-refractivity contribution in [2.45, 2.75) is 82.7 Å². The highest BCUT2D eigenvalue weighted by atomic mass is 19.1. The molecule has 4 amide bonds. The van der Waals surface area contributed by atoms with Gasteiger partial charge in [-0.2, -0.15) is 9.97 Å². The fraction of sp³-hybridized carbons (Fsp3) is 0.509. The number of rotatable bonds is 12. The molecule has 2 atom stereocenters. The van der Waals surface area contributed by atoms with Crippen LogP contribution in [0.25, 0.3) is 32.9 Å². The molecule has 2 aromatic heterocycles. The maximum Gasteiger partial charge on any atom is 0.328 e. The number of hydrogen-bond donors (Lipinski definition) is 3. The molecule has 5 aliphatic heterocycles.